The van der Waals surface area contributed by atoms with Crippen LogP contribution in [-0.2, 0) is 9.59 Å². The number of nitrogens with zero attached hydrogens (tertiary/aromatic N) is 2. The van der Waals surface area contributed by atoms with Crippen molar-refractivity contribution in [1.29, 1.82) is 0 Å². The van der Waals surface area contributed by atoms with Crippen molar-refractivity contribution in [2.24, 2.45) is 21.8 Å². The molecule has 0 bridgehead atoms. The van der Waals surface area contributed by atoms with Gasteiger partial charge in [-0.3, -0.25) is 0 Å². The predicted molar refractivity (Wildman–Crippen MR) is 76.7 cm³/mol. The Morgan fingerprint density at radius 1 is 0.800 bits per heavy atom. The molecule has 0 unspecified atom stereocenters. The van der Waals surface area contributed by atoms with Gasteiger partial charge < -0.3 is 0 Å². The molecule has 4 nitrogen and oxygen atoms in total. The van der Waals surface area contributed by atoms with E-state index in [9.17, 15) is 9.59 Å². The fraction of sp³-hybridized carbons (Fsp3) is 0.875. The van der Waals surface area contributed by atoms with E-state index in [1.165, 1.54) is 25.7 Å². The molecule has 0 atom stereocenters. The quantitative estimate of drug-likeness (QED) is 0.564. The number of rotatable bonds is 5. The Balaban J connectivity index is 2.20. The van der Waals surface area contributed by atoms with Crippen LogP contribution in [0.25, 0.3) is 0 Å². The van der Waals surface area contributed by atoms with Gasteiger partial charge in [0.05, 0.1) is 0 Å². The molecule has 0 amide bonds. The highest BCUT2D eigenvalue weighted by Gasteiger charge is 2.41. The Morgan fingerprint density at radius 3 is 1.80 bits per heavy atom. The van der Waals surface area contributed by atoms with Crippen LogP contribution in [0.15, 0.2) is 9.98 Å². The summed E-state index contributed by atoms with van der Waals surface area (Å²) in [7, 11) is 0. The summed E-state index contributed by atoms with van der Waals surface area (Å²) in [5, 5.41) is 0. The molecule has 110 valence electrons. The fourth-order valence-corrected chi connectivity index (χ4v) is 4.00. The minimum Gasteiger partial charge on any atom is -0.211 e. The molecule has 2 aliphatic rings. The predicted octanol–water partition coefficient (Wildman–Crippen LogP) is 3.91. The Labute approximate surface area is 120 Å². The van der Waals surface area contributed by atoms with Crippen molar-refractivity contribution in [2.45, 2.75) is 76.3 Å². The summed E-state index contributed by atoms with van der Waals surface area (Å²) in [4.78, 5) is 29.9. The van der Waals surface area contributed by atoms with Crippen molar-refractivity contribution in [1.82, 2.24) is 0 Å². The highest BCUT2D eigenvalue weighted by Crippen LogP contribution is 2.42. The first-order valence-corrected chi connectivity index (χ1v) is 7.99. The van der Waals surface area contributed by atoms with Crippen molar-refractivity contribution in [3.8, 4) is 0 Å². The number of carbonyl (C=O) groups excluding carboxylic acids is 2. The van der Waals surface area contributed by atoms with Crippen LogP contribution in [-0.4, -0.2) is 17.8 Å². The third-order valence-electron chi connectivity index (χ3n) is 5.05. The zero-order chi connectivity index (χ0) is 14.3. The normalized spacial score (nSPS) is 24.2. The lowest BCUT2D eigenvalue weighted by atomic mass is 9.73. The molecule has 0 aromatic rings. The molecule has 0 heterocycles. The third kappa shape index (κ3) is 3.65. The number of isocyanates is 2. The van der Waals surface area contributed by atoms with Crippen molar-refractivity contribution in [3.63, 3.8) is 0 Å². The Kier molecular flexibility index (Phi) is 5.70. The van der Waals surface area contributed by atoms with Crippen LogP contribution >= 0.6 is 0 Å². The molecule has 0 saturated heterocycles. The first-order chi connectivity index (χ1) is 9.80. The number of aliphatic imine (C=N–C) groups is 2. The van der Waals surface area contributed by atoms with Crippen molar-refractivity contribution in [2.75, 3.05) is 0 Å². The highest BCUT2D eigenvalue weighted by molar-refractivity contribution is 5.39. The van der Waals surface area contributed by atoms with E-state index in [0.29, 0.717) is 5.92 Å². The van der Waals surface area contributed by atoms with E-state index in [4.69, 9.17) is 0 Å². The third-order valence-corrected chi connectivity index (χ3v) is 5.05. The van der Waals surface area contributed by atoms with E-state index in [1.807, 2.05) is 0 Å². The maximum absolute atomic E-state index is 10.9. The van der Waals surface area contributed by atoms with Crippen molar-refractivity contribution in [3.05, 3.63) is 0 Å². The summed E-state index contributed by atoms with van der Waals surface area (Å²) in [5.74, 6) is 0.737. The van der Waals surface area contributed by atoms with Gasteiger partial charge in [-0.1, -0.05) is 51.4 Å². The highest BCUT2D eigenvalue weighted by atomic mass is 16.1. The second-order valence-corrected chi connectivity index (χ2v) is 6.33. The molecule has 2 rings (SSSR count). The van der Waals surface area contributed by atoms with Gasteiger partial charge in [-0.2, -0.15) is 9.98 Å². The SMILES string of the molecule is O=C=NC(CC1CCCCC1)(N=C=O)C1CCCCC1. The van der Waals surface area contributed by atoms with Gasteiger partial charge >= 0.3 is 0 Å². The summed E-state index contributed by atoms with van der Waals surface area (Å²) in [5.41, 5.74) is -0.869. The number of hydrogen-bond acceptors (Lipinski definition) is 4. The Morgan fingerprint density at radius 2 is 1.30 bits per heavy atom. The van der Waals surface area contributed by atoms with Crippen LogP contribution in [0.1, 0.15) is 70.6 Å². The summed E-state index contributed by atoms with van der Waals surface area (Å²) in [6.07, 6.45) is 15.7. The smallest absolute Gasteiger partial charge is 0.211 e. The van der Waals surface area contributed by atoms with Gasteiger partial charge in [0.2, 0.25) is 12.2 Å². The van der Waals surface area contributed by atoms with Gasteiger partial charge in [-0.25, -0.2) is 9.59 Å². The first kappa shape index (κ1) is 15.2. The van der Waals surface area contributed by atoms with Gasteiger partial charge in [0.1, 0.15) is 0 Å². The molecular formula is C16H24N2O2. The lowest BCUT2D eigenvalue weighted by molar-refractivity contribution is 0.162. The van der Waals surface area contributed by atoms with Crippen LogP contribution in [0.5, 0.6) is 0 Å². The van der Waals surface area contributed by atoms with Crippen LogP contribution in [0.2, 0.25) is 0 Å². The average molecular weight is 276 g/mol. The van der Waals surface area contributed by atoms with Crippen LogP contribution < -0.4 is 0 Å². The monoisotopic (exact) mass is 276 g/mol. The molecule has 0 spiro atoms. The van der Waals surface area contributed by atoms with Crippen LogP contribution in [0.3, 0.4) is 0 Å². The van der Waals surface area contributed by atoms with E-state index < -0.39 is 5.66 Å². The lowest BCUT2D eigenvalue weighted by Crippen LogP contribution is -2.38. The topological polar surface area (TPSA) is 58.9 Å². The molecule has 20 heavy (non-hydrogen) atoms. The van der Waals surface area contributed by atoms with Crippen LogP contribution in [0, 0.1) is 11.8 Å². The van der Waals surface area contributed by atoms with Gasteiger partial charge in [-0.05, 0) is 25.2 Å². The van der Waals surface area contributed by atoms with E-state index >= 15 is 0 Å². The van der Waals surface area contributed by atoms with Gasteiger partial charge in [0, 0.05) is 5.92 Å². The molecule has 0 N–H and O–H groups in total. The van der Waals surface area contributed by atoms with Crippen LogP contribution in [0.4, 0.5) is 0 Å². The largest absolute Gasteiger partial charge is 0.237 e. The summed E-state index contributed by atoms with van der Waals surface area (Å²) < 4.78 is 0. The summed E-state index contributed by atoms with van der Waals surface area (Å²) >= 11 is 0. The number of hydrogen-bond donors (Lipinski definition) is 0. The minimum absolute atomic E-state index is 0.209. The summed E-state index contributed by atoms with van der Waals surface area (Å²) in [6, 6.07) is 0. The molecule has 0 radical (unpaired) electrons. The molecule has 0 aromatic heterocycles. The lowest BCUT2D eigenvalue weighted by Gasteiger charge is -2.37. The zero-order valence-corrected chi connectivity index (χ0v) is 12.1. The average Bonchev–Trinajstić information content (AvgIpc) is 2.49. The maximum atomic E-state index is 10.9. The van der Waals surface area contributed by atoms with Crippen molar-refractivity contribution >= 4 is 12.2 Å². The maximum Gasteiger partial charge on any atom is 0.237 e. The fourth-order valence-electron chi connectivity index (χ4n) is 4.00. The molecule has 2 fully saturated rings. The van der Waals surface area contributed by atoms with E-state index in [2.05, 4.69) is 9.98 Å². The molecule has 2 saturated carbocycles. The first-order valence-electron chi connectivity index (χ1n) is 7.99. The van der Waals surface area contributed by atoms with Gasteiger partial charge in [0.15, 0.2) is 5.66 Å². The van der Waals surface area contributed by atoms with E-state index in [0.717, 1.165) is 44.9 Å². The Bertz CT molecular complexity index is 379. The zero-order valence-electron chi connectivity index (χ0n) is 12.1. The van der Waals surface area contributed by atoms with E-state index in [-0.39, 0.29) is 5.92 Å². The molecule has 0 aromatic carbocycles. The van der Waals surface area contributed by atoms with E-state index in [1.54, 1.807) is 12.2 Å². The van der Waals surface area contributed by atoms with Gasteiger partial charge in [-0.15, -0.1) is 0 Å². The second kappa shape index (κ2) is 7.52. The molecule has 0 aliphatic heterocycles. The van der Waals surface area contributed by atoms with Gasteiger partial charge in [0.25, 0.3) is 0 Å². The second-order valence-electron chi connectivity index (χ2n) is 6.33. The molecular weight excluding hydrogens is 252 g/mol. The standard InChI is InChI=1S/C16H24N2O2/c19-12-17-16(18-13-20,15-9-5-2-6-10-15)11-14-7-3-1-4-8-14/h14-15H,1-11H2. The molecule has 4 heteroatoms. The summed E-state index contributed by atoms with van der Waals surface area (Å²) in [6.45, 7) is 0. The molecule has 2 aliphatic carbocycles. The Hall–Kier alpha value is -1.24. The minimum atomic E-state index is -0.869. The van der Waals surface area contributed by atoms with Crippen molar-refractivity contribution < 1.29 is 9.59 Å².